The molecule has 9 heteroatoms. The molecule has 2 rings (SSSR count). The van der Waals surface area contributed by atoms with Crippen LogP contribution in [0.25, 0.3) is 11.2 Å². The van der Waals surface area contributed by atoms with E-state index >= 15 is 0 Å². The fourth-order valence-corrected chi connectivity index (χ4v) is 2.17. The van der Waals surface area contributed by atoms with Crippen molar-refractivity contribution in [1.82, 2.24) is 24.0 Å². The number of hydrogen-bond acceptors (Lipinski definition) is 5. The van der Waals surface area contributed by atoms with Gasteiger partial charge >= 0.3 is 5.69 Å². The van der Waals surface area contributed by atoms with Crippen molar-refractivity contribution < 1.29 is 9.53 Å². The van der Waals surface area contributed by atoms with E-state index in [2.05, 4.69) is 10.3 Å². The summed E-state index contributed by atoms with van der Waals surface area (Å²) < 4.78 is 8.62. The molecule has 0 aliphatic heterocycles. The van der Waals surface area contributed by atoms with Crippen molar-refractivity contribution in [2.45, 2.75) is 13.0 Å². The maximum atomic E-state index is 12.2. The van der Waals surface area contributed by atoms with Crippen LogP contribution in [0.1, 0.15) is 6.42 Å². The van der Waals surface area contributed by atoms with Gasteiger partial charge in [0.05, 0.1) is 6.33 Å². The summed E-state index contributed by atoms with van der Waals surface area (Å²) in [7, 11) is 4.53. The second-order valence-electron chi connectivity index (χ2n) is 4.95. The molecule has 0 aliphatic carbocycles. The topological polar surface area (TPSA) is 100 Å². The number of carbonyl (C=O) groups excluding carboxylic acids is 1. The van der Waals surface area contributed by atoms with E-state index in [0.29, 0.717) is 19.6 Å². The van der Waals surface area contributed by atoms with Gasteiger partial charge in [-0.2, -0.15) is 0 Å². The molecule has 0 fully saturated rings. The average Bonchev–Trinajstić information content (AvgIpc) is 2.91. The van der Waals surface area contributed by atoms with Crippen molar-refractivity contribution in [2.75, 3.05) is 20.3 Å². The highest BCUT2D eigenvalue weighted by atomic mass is 16.5. The number of rotatable bonds is 6. The number of amides is 1. The molecule has 0 spiro atoms. The number of methoxy groups -OCH3 is 1. The highest BCUT2D eigenvalue weighted by molar-refractivity contribution is 5.78. The molecule has 0 bridgehead atoms. The van der Waals surface area contributed by atoms with Crippen LogP contribution in [-0.4, -0.2) is 44.9 Å². The van der Waals surface area contributed by atoms with E-state index in [9.17, 15) is 14.4 Å². The highest BCUT2D eigenvalue weighted by Gasteiger charge is 2.15. The van der Waals surface area contributed by atoms with Crippen LogP contribution in [-0.2, 0) is 30.2 Å². The van der Waals surface area contributed by atoms with Gasteiger partial charge in [0.2, 0.25) is 5.91 Å². The van der Waals surface area contributed by atoms with Crippen molar-refractivity contribution in [1.29, 1.82) is 0 Å². The SMILES string of the molecule is COCCCNC(=O)Cn1cnc2c1c(=O)n(C)c(=O)n2C. The third-order valence-electron chi connectivity index (χ3n) is 3.38. The molecule has 0 aromatic carbocycles. The van der Waals surface area contributed by atoms with Crippen molar-refractivity contribution in [3.63, 3.8) is 0 Å². The maximum absolute atomic E-state index is 12.2. The molecule has 0 radical (unpaired) electrons. The smallest absolute Gasteiger partial charge is 0.332 e. The summed E-state index contributed by atoms with van der Waals surface area (Å²) in [6.07, 6.45) is 2.10. The van der Waals surface area contributed by atoms with Crippen LogP contribution in [0, 0.1) is 0 Å². The predicted octanol–water partition coefficient (Wildman–Crippen LogP) is -1.41. The number of hydrogen-bond donors (Lipinski definition) is 1. The summed E-state index contributed by atoms with van der Waals surface area (Å²) >= 11 is 0. The summed E-state index contributed by atoms with van der Waals surface area (Å²) in [6, 6.07) is 0. The van der Waals surface area contributed by atoms with E-state index in [1.807, 2.05) is 0 Å². The lowest BCUT2D eigenvalue weighted by Gasteiger charge is -2.07. The van der Waals surface area contributed by atoms with Gasteiger partial charge in [-0.25, -0.2) is 9.78 Å². The summed E-state index contributed by atoms with van der Waals surface area (Å²) in [5, 5.41) is 2.74. The zero-order valence-electron chi connectivity index (χ0n) is 12.8. The fourth-order valence-electron chi connectivity index (χ4n) is 2.17. The molecule has 0 unspecified atom stereocenters. The van der Waals surface area contributed by atoms with E-state index in [0.717, 1.165) is 4.57 Å². The van der Waals surface area contributed by atoms with Gasteiger partial charge in [0.25, 0.3) is 5.56 Å². The Bertz CT molecular complexity index is 801. The van der Waals surface area contributed by atoms with Gasteiger partial charge in [0.15, 0.2) is 11.2 Å². The van der Waals surface area contributed by atoms with Gasteiger partial charge in [0, 0.05) is 34.4 Å². The lowest BCUT2D eigenvalue weighted by molar-refractivity contribution is -0.121. The minimum atomic E-state index is -0.470. The van der Waals surface area contributed by atoms with E-state index in [1.165, 1.54) is 29.6 Å². The number of fused-ring (bicyclic) bond motifs is 1. The first-order chi connectivity index (χ1) is 10.5. The number of ether oxygens (including phenoxy) is 1. The standard InChI is InChI=1S/C13H19N5O4/c1-16-11-10(12(20)17(2)13(16)21)18(8-15-11)7-9(19)14-5-4-6-22-3/h8H,4-7H2,1-3H3,(H,14,19). The van der Waals surface area contributed by atoms with Crippen molar-refractivity contribution in [3.8, 4) is 0 Å². The zero-order valence-corrected chi connectivity index (χ0v) is 12.8. The molecular weight excluding hydrogens is 290 g/mol. The Labute approximate surface area is 126 Å². The van der Waals surface area contributed by atoms with Crippen LogP contribution in [0.3, 0.4) is 0 Å². The van der Waals surface area contributed by atoms with Gasteiger partial charge in [-0.15, -0.1) is 0 Å². The average molecular weight is 309 g/mol. The normalized spacial score (nSPS) is 11.0. The molecule has 2 heterocycles. The molecule has 1 amide bonds. The minimum Gasteiger partial charge on any atom is -0.385 e. The Morgan fingerprint density at radius 1 is 1.32 bits per heavy atom. The van der Waals surface area contributed by atoms with Crippen LogP contribution in [0.2, 0.25) is 0 Å². The van der Waals surface area contributed by atoms with Crippen molar-refractivity contribution in [3.05, 3.63) is 27.2 Å². The van der Waals surface area contributed by atoms with E-state index < -0.39 is 11.2 Å². The van der Waals surface area contributed by atoms with Gasteiger partial charge in [-0.05, 0) is 6.42 Å². The van der Waals surface area contributed by atoms with Gasteiger partial charge < -0.3 is 14.6 Å². The van der Waals surface area contributed by atoms with Gasteiger partial charge in [-0.1, -0.05) is 0 Å². The molecule has 0 saturated carbocycles. The Kier molecular flexibility index (Phi) is 4.76. The molecule has 120 valence electrons. The maximum Gasteiger partial charge on any atom is 0.332 e. The second kappa shape index (κ2) is 6.56. The van der Waals surface area contributed by atoms with Crippen LogP contribution in [0.4, 0.5) is 0 Å². The number of imidazole rings is 1. The van der Waals surface area contributed by atoms with E-state index in [-0.39, 0.29) is 23.6 Å². The Morgan fingerprint density at radius 3 is 2.73 bits per heavy atom. The molecule has 22 heavy (non-hydrogen) atoms. The summed E-state index contributed by atoms with van der Waals surface area (Å²) in [5.74, 6) is -0.230. The predicted molar refractivity (Wildman–Crippen MR) is 79.7 cm³/mol. The van der Waals surface area contributed by atoms with Crippen molar-refractivity contribution in [2.24, 2.45) is 14.1 Å². The monoisotopic (exact) mass is 309 g/mol. The lowest BCUT2D eigenvalue weighted by Crippen LogP contribution is -2.38. The number of nitrogens with zero attached hydrogens (tertiary/aromatic N) is 4. The number of carbonyl (C=O) groups is 1. The second-order valence-corrected chi connectivity index (χ2v) is 4.95. The Hall–Kier alpha value is -2.42. The van der Waals surface area contributed by atoms with Crippen LogP contribution < -0.4 is 16.6 Å². The Morgan fingerprint density at radius 2 is 2.05 bits per heavy atom. The van der Waals surface area contributed by atoms with Crippen LogP contribution >= 0.6 is 0 Å². The van der Waals surface area contributed by atoms with Crippen LogP contribution in [0.5, 0.6) is 0 Å². The first-order valence-corrected chi connectivity index (χ1v) is 6.84. The zero-order chi connectivity index (χ0) is 16.3. The molecule has 0 aliphatic rings. The summed E-state index contributed by atoms with van der Waals surface area (Å²) in [6.45, 7) is 1.03. The Balaban J connectivity index is 2.25. The van der Waals surface area contributed by atoms with E-state index in [1.54, 1.807) is 7.11 Å². The molecule has 9 nitrogen and oxygen atoms in total. The summed E-state index contributed by atoms with van der Waals surface area (Å²) in [4.78, 5) is 40.0. The fraction of sp³-hybridized carbons (Fsp3) is 0.538. The largest absolute Gasteiger partial charge is 0.385 e. The molecular formula is C13H19N5O4. The molecule has 0 atom stereocenters. The van der Waals surface area contributed by atoms with Crippen LogP contribution in [0.15, 0.2) is 15.9 Å². The molecule has 2 aromatic rings. The molecule has 1 N–H and O–H groups in total. The number of nitrogens with one attached hydrogen (secondary N) is 1. The first-order valence-electron chi connectivity index (χ1n) is 6.84. The third kappa shape index (κ3) is 2.93. The quantitative estimate of drug-likeness (QED) is 0.661. The highest BCUT2D eigenvalue weighted by Crippen LogP contribution is 2.04. The minimum absolute atomic E-state index is 0.0308. The van der Waals surface area contributed by atoms with Gasteiger partial charge in [-0.3, -0.25) is 18.7 Å². The third-order valence-corrected chi connectivity index (χ3v) is 3.38. The first kappa shape index (κ1) is 16.0. The molecule has 0 saturated heterocycles. The lowest BCUT2D eigenvalue weighted by atomic mass is 10.4. The van der Waals surface area contributed by atoms with E-state index in [4.69, 9.17) is 4.74 Å². The molecule has 2 aromatic heterocycles. The summed E-state index contributed by atoms with van der Waals surface area (Å²) in [5.41, 5.74) is -0.425. The van der Waals surface area contributed by atoms with Crippen molar-refractivity contribution >= 4 is 17.1 Å². The number of aromatic nitrogens is 4. The number of aryl methyl sites for hydroxylation is 1. The van der Waals surface area contributed by atoms with Gasteiger partial charge in [0.1, 0.15) is 6.54 Å².